The topological polar surface area (TPSA) is 48.6 Å². The lowest BCUT2D eigenvalue weighted by molar-refractivity contribution is -0.914. The molecule has 1 N–H and O–H groups in total. The molecule has 2 aromatic rings. The van der Waals surface area contributed by atoms with Crippen molar-refractivity contribution in [2.45, 2.75) is 45.0 Å². The van der Waals surface area contributed by atoms with Gasteiger partial charge in [0.15, 0.2) is 5.16 Å². The fourth-order valence-electron chi connectivity index (χ4n) is 3.57. The number of fused-ring (bicyclic) bond motifs is 1. The van der Waals surface area contributed by atoms with Crippen molar-refractivity contribution in [1.29, 1.82) is 0 Å². The predicted molar refractivity (Wildman–Crippen MR) is 107 cm³/mol. The molecule has 3 rings (SSSR count). The van der Waals surface area contributed by atoms with E-state index in [1.807, 2.05) is 42.7 Å². The number of benzene rings is 1. The minimum atomic E-state index is 0.0460. The van der Waals surface area contributed by atoms with E-state index >= 15 is 0 Å². The highest BCUT2D eigenvalue weighted by molar-refractivity contribution is 7.99. The third-order valence-corrected chi connectivity index (χ3v) is 5.80. The van der Waals surface area contributed by atoms with E-state index in [4.69, 9.17) is 9.72 Å². The lowest BCUT2D eigenvalue weighted by atomic mass is 10.2. The van der Waals surface area contributed by atoms with E-state index in [-0.39, 0.29) is 17.7 Å². The molecule has 0 bridgehead atoms. The molecule has 0 spiro atoms. The van der Waals surface area contributed by atoms with Crippen LogP contribution in [0.4, 0.5) is 0 Å². The lowest BCUT2D eigenvalue weighted by Crippen LogP contribution is -3.15. The van der Waals surface area contributed by atoms with Crippen LogP contribution in [0.5, 0.6) is 0 Å². The summed E-state index contributed by atoms with van der Waals surface area (Å²) in [5.41, 5.74) is 0.818. The minimum absolute atomic E-state index is 0.0460. The van der Waals surface area contributed by atoms with Crippen LogP contribution in [0.2, 0.25) is 0 Å². The van der Waals surface area contributed by atoms with Crippen LogP contribution in [0.3, 0.4) is 0 Å². The summed E-state index contributed by atoms with van der Waals surface area (Å²) in [7, 11) is 0. The van der Waals surface area contributed by atoms with E-state index in [9.17, 15) is 4.79 Å². The molecule has 2 atom stereocenters. The predicted octanol–water partition coefficient (Wildman–Crippen LogP) is 2.01. The Morgan fingerprint density at radius 3 is 2.81 bits per heavy atom. The number of ether oxygens (including phenoxy) is 1. The molecule has 5 nitrogen and oxygen atoms in total. The van der Waals surface area contributed by atoms with Crippen LogP contribution in [0.25, 0.3) is 10.9 Å². The van der Waals surface area contributed by atoms with Crippen molar-refractivity contribution in [3.8, 4) is 0 Å². The first-order valence-corrected chi connectivity index (χ1v) is 10.5. The molecular formula is C20H30N3O2S+. The van der Waals surface area contributed by atoms with Crippen molar-refractivity contribution in [1.82, 2.24) is 9.55 Å². The summed E-state index contributed by atoms with van der Waals surface area (Å²) >= 11 is 1.65. The summed E-state index contributed by atoms with van der Waals surface area (Å²) in [5.74, 6) is 1.53. The number of para-hydroxylation sites is 1. The zero-order valence-electron chi connectivity index (χ0n) is 16.2. The van der Waals surface area contributed by atoms with Gasteiger partial charge in [-0.2, -0.15) is 0 Å². The molecule has 2 heterocycles. The Labute approximate surface area is 159 Å². The van der Waals surface area contributed by atoms with Crippen molar-refractivity contribution in [2.75, 3.05) is 32.0 Å². The Morgan fingerprint density at radius 2 is 2.08 bits per heavy atom. The van der Waals surface area contributed by atoms with Crippen LogP contribution in [-0.4, -0.2) is 47.6 Å². The molecule has 0 radical (unpaired) electrons. The summed E-state index contributed by atoms with van der Waals surface area (Å²) in [6.45, 7) is 12.7. The first-order valence-electron chi connectivity index (χ1n) is 9.55. The molecule has 1 saturated heterocycles. The van der Waals surface area contributed by atoms with E-state index in [2.05, 4.69) is 13.8 Å². The first kappa shape index (κ1) is 19.4. The van der Waals surface area contributed by atoms with Crippen molar-refractivity contribution < 1.29 is 9.64 Å². The van der Waals surface area contributed by atoms with Gasteiger partial charge in [-0.15, -0.1) is 0 Å². The Balaban J connectivity index is 1.78. The maximum Gasteiger partial charge on any atom is 0.262 e. The summed E-state index contributed by atoms with van der Waals surface area (Å²) in [6, 6.07) is 7.68. The summed E-state index contributed by atoms with van der Waals surface area (Å²) in [4.78, 5) is 19.3. The molecule has 6 heteroatoms. The summed E-state index contributed by atoms with van der Waals surface area (Å²) in [6.07, 6.45) is 0.214. The lowest BCUT2D eigenvalue weighted by Gasteiger charge is -2.31. The van der Waals surface area contributed by atoms with E-state index in [1.54, 1.807) is 16.7 Å². The van der Waals surface area contributed by atoms with Crippen molar-refractivity contribution in [2.24, 2.45) is 5.92 Å². The number of nitrogens with zero attached hydrogens (tertiary/aromatic N) is 2. The van der Waals surface area contributed by atoms with Crippen LogP contribution in [0, 0.1) is 5.92 Å². The second kappa shape index (κ2) is 8.55. The van der Waals surface area contributed by atoms with Crippen molar-refractivity contribution >= 4 is 22.7 Å². The molecule has 0 aliphatic carbocycles. The quantitative estimate of drug-likeness (QED) is 0.619. The number of rotatable bonds is 6. The number of quaternary nitrogens is 1. The van der Waals surface area contributed by atoms with E-state index in [1.165, 1.54) is 6.54 Å². The van der Waals surface area contributed by atoms with Crippen LogP contribution in [0.15, 0.2) is 34.2 Å². The molecule has 0 saturated carbocycles. The number of aromatic nitrogens is 2. The van der Waals surface area contributed by atoms with Gasteiger partial charge in [-0.1, -0.05) is 37.7 Å². The van der Waals surface area contributed by atoms with Gasteiger partial charge in [-0.25, -0.2) is 4.98 Å². The average molecular weight is 377 g/mol. The Hall–Kier alpha value is -1.37. The van der Waals surface area contributed by atoms with Gasteiger partial charge < -0.3 is 9.64 Å². The molecule has 1 aliphatic heterocycles. The van der Waals surface area contributed by atoms with E-state index < -0.39 is 0 Å². The van der Waals surface area contributed by atoms with Gasteiger partial charge in [-0.3, -0.25) is 9.36 Å². The number of nitrogens with one attached hydrogen (secondary N) is 1. The molecular weight excluding hydrogens is 346 g/mol. The van der Waals surface area contributed by atoms with E-state index in [0.717, 1.165) is 36.1 Å². The first-order chi connectivity index (χ1) is 12.5. The SMILES string of the molecule is CC(C)C[NH+]1CCO[C@@H](CSc2nc3ccccc3c(=O)n2C(C)C)C1. The van der Waals surface area contributed by atoms with Crippen LogP contribution < -0.4 is 10.5 Å². The normalized spacial score (nSPS) is 21.0. The maximum atomic E-state index is 12.9. The zero-order valence-corrected chi connectivity index (χ0v) is 17.0. The van der Waals surface area contributed by atoms with Crippen LogP contribution >= 0.6 is 11.8 Å². The maximum absolute atomic E-state index is 12.9. The van der Waals surface area contributed by atoms with Gasteiger partial charge in [0.2, 0.25) is 0 Å². The second-order valence-corrected chi connectivity index (χ2v) is 8.77. The molecule has 1 aliphatic rings. The number of thioether (sulfide) groups is 1. The van der Waals surface area contributed by atoms with Crippen molar-refractivity contribution in [3.05, 3.63) is 34.6 Å². The molecule has 1 fully saturated rings. The second-order valence-electron chi connectivity index (χ2n) is 7.79. The third-order valence-electron chi connectivity index (χ3n) is 4.71. The molecule has 142 valence electrons. The number of morpholine rings is 1. The third kappa shape index (κ3) is 4.48. The van der Waals surface area contributed by atoms with Gasteiger partial charge >= 0.3 is 0 Å². The summed E-state index contributed by atoms with van der Waals surface area (Å²) in [5, 5.41) is 1.48. The van der Waals surface area contributed by atoms with Crippen molar-refractivity contribution in [3.63, 3.8) is 0 Å². The zero-order chi connectivity index (χ0) is 18.7. The monoisotopic (exact) mass is 376 g/mol. The molecule has 1 aromatic carbocycles. The van der Waals surface area contributed by atoms with E-state index in [0.29, 0.717) is 11.3 Å². The van der Waals surface area contributed by atoms with Crippen LogP contribution in [-0.2, 0) is 4.74 Å². The Morgan fingerprint density at radius 1 is 1.31 bits per heavy atom. The molecule has 1 unspecified atom stereocenters. The highest BCUT2D eigenvalue weighted by Gasteiger charge is 2.25. The number of hydrogen-bond acceptors (Lipinski definition) is 4. The fraction of sp³-hybridized carbons (Fsp3) is 0.600. The smallest absolute Gasteiger partial charge is 0.262 e. The molecule has 26 heavy (non-hydrogen) atoms. The largest absolute Gasteiger partial charge is 0.366 e. The fourth-order valence-corrected chi connectivity index (χ4v) is 4.72. The highest BCUT2D eigenvalue weighted by Crippen LogP contribution is 2.22. The van der Waals surface area contributed by atoms with Gasteiger partial charge in [0.1, 0.15) is 19.2 Å². The van der Waals surface area contributed by atoms with Crippen LogP contribution in [0.1, 0.15) is 33.7 Å². The number of hydrogen-bond donors (Lipinski definition) is 1. The average Bonchev–Trinajstić information content (AvgIpc) is 2.59. The Bertz CT molecular complexity index is 803. The minimum Gasteiger partial charge on any atom is -0.366 e. The Kier molecular flexibility index (Phi) is 6.37. The van der Waals surface area contributed by atoms with Gasteiger partial charge in [0.25, 0.3) is 5.56 Å². The van der Waals surface area contributed by atoms with Gasteiger partial charge in [0.05, 0.1) is 24.1 Å². The standard InChI is InChI=1S/C20H29N3O2S/c1-14(2)11-22-9-10-25-16(12-22)13-26-20-21-18-8-6-5-7-17(18)19(24)23(20)15(3)4/h5-8,14-16H,9-13H2,1-4H3/p+1/t16-/m1/s1. The molecule has 0 amide bonds. The summed E-state index contributed by atoms with van der Waals surface area (Å²) < 4.78 is 7.79. The highest BCUT2D eigenvalue weighted by atomic mass is 32.2. The van der Waals surface area contributed by atoms with Gasteiger partial charge in [0, 0.05) is 17.7 Å². The van der Waals surface area contributed by atoms with Gasteiger partial charge in [-0.05, 0) is 26.0 Å². The molecule has 1 aromatic heterocycles.